The second-order valence-electron chi connectivity index (χ2n) is 7.25. The fourth-order valence-electron chi connectivity index (χ4n) is 3.19. The van der Waals surface area contributed by atoms with Crippen molar-refractivity contribution in [1.82, 2.24) is 9.21 Å². The molecule has 2 rings (SSSR count). The van der Waals surface area contributed by atoms with Crippen molar-refractivity contribution in [3.63, 3.8) is 0 Å². The highest BCUT2D eigenvalue weighted by molar-refractivity contribution is 7.89. The standard InChI is InChI=1S/C18H25ClN2O5S/c1-12-7-13(2)10-21(9-12)17(22)11-26-18(23)15-8-14(5-6-16(15)19)27(24,25)20(3)4/h5-6,8,12-13H,7,9-11H2,1-4H3/t12-,13-/m1/s1. The predicted molar refractivity (Wildman–Crippen MR) is 102 cm³/mol. The zero-order valence-electron chi connectivity index (χ0n) is 15.9. The second kappa shape index (κ2) is 8.58. The zero-order valence-corrected chi connectivity index (χ0v) is 17.5. The van der Waals surface area contributed by atoms with Gasteiger partial charge in [0.25, 0.3) is 5.91 Å². The lowest BCUT2D eigenvalue weighted by Gasteiger charge is -2.34. The number of sulfonamides is 1. The fourth-order valence-corrected chi connectivity index (χ4v) is 4.32. The van der Waals surface area contributed by atoms with Gasteiger partial charge in [0.1, 0.15) is 0 Å². The van der Waals surface area contributed by atoms with E-state index >= 15 is 0 Å². The largest absolute Gasteiger partial charge is 0.452 e. The van der Waals surface area contributed by atoms with E-state index in [1.165, 1.54) is 26.2 Å². The molecule has 1 fully saturated rings. The van der Waals surface area contributed by atoms with Gasteiger partial charge < -0.3 is 9.64 Å². The number of piperidine rings is 1. The Morgan fingerprint density at radius 2 is 1.81 bits per heavy atom. The molecule has 0 aliphatic carbocycles. The van der Waals surface area contributed by atoms with Crippen LogP contribution in [0.25, 0.3) is 0 Å². The van der Waals surface area contributed by atoms with E-state index < -0.39 is 22.6 Å². The van der Waals surface area contributed by atoms with Gasteiger partial charge in [0.15, 0.2) is 6.61 Å². The summed E-state index contributed by atoms with van der Waals surface area (Å²) in [6, 6.07) is 3.80. The van der Waals surface area contributed by atoms with Crippen LogP contribution in [0.4, 0.5) is 0 Å². The molecular formula is C18H25ClN2O5S. The molecule has 0 unspecified atom stereocenters. The molecule has 1 saturated heterocycles. The van der Waals surface area contributed by atoms with Gasteiger partial charge in [-0.3, -0.25) is 4.79 Å². The van der Waals surface area contributed by atoms with E-state index in [1.54, 1.807) is 4.90 Å². The van der Waals surface area contributed by atoms with Crippen LogP contribution >= 0.6 is 11.6 Å². The van der Waals surface area contributed by atoms with Crippen molar-refractivity contribution in [1.29, 1.82) is 0 Å². The molecule has 9 heteroatoms. The van der Waals surface area contributed by atoms with Crippen LogP contribution in [0, 0.1) is 11.8 Å². The Hall–Kier alpha value is -1.64. The van der Waals surface area contributed by atoms with Crippen molar-refractivity contribution in [3.05, 3.63) is 28.8 Å². The smallest absolute Gasteiger partial charge is 0.340 e. The predicted octanol–water partition coefficient (Wildman–Crippen LogP) is 2.25. The van der Waals surface area contributed by atoms with Crippen molar-refractivity contribution in [2.24, 2.45) is 11.8 Å². The number of hydrogen-bond donors (Lipinski definition) is 0. The molecule has 0 saturated carbocycles. The average molecular weight is 417 g/mol. The zero-order chi connectivity index (χ0) is 20.4. The van der Waals surface area contributed by atoms with Crippen LogP contribution in [-0.2, 0) is 19.6 Å². The molecule has 0 spiro atoms. The number of amides is 1. The summed E-state index contributed by atoms with van der Waals surface area (Å²) < 4.78 is 30.6. The van der Waals surface area contributed by atoms with Gasteiger partial charge in [-0.1, -0.05) is 25.4 Å². The first kappa shape index (κ1) is 21.7. The molecule has 1 aromatic carbocycles. The van der Waals surface area contributed by atoms with Gasteiger partial charge in [-0.15, -0.1) is 0 Å². The summed E-state index contributed by atoms with van der Waals surface area (Å²) in [5, 5.41) is 0.0605. The lowest BCUT2D eigenvalue weighted by Crippen LogP contribution is -2.44. The molecule has 1 amide bonds. The molecule has 0 N–H and O–H groups in total. The summed E-state index contributed by atoms with van der Waals surface area (Å²) in [4.78, 5) is 26.3. The lowest BCUT2D eigenvalue weighted by atomic mass is 9.92. The van der Waals surface area contributed by atoms with Crippen molar-refractivity contribution in [2.45, 2.75) is 25.2 Å². The minimum absolute atomic E-state index is 0.0605. The maximum atomic E-state index is 12.3. The first-order valence-electron chi connectivity index (χ1n) is 8.69. The summed E-state index contributed by atoms with van der Waals surface area (Å²) in [6.07, 6.45) is 1.06. The van der Waals surface area contributed by atoms with E-state index in [4.69, 9.17) is 16.3 Å². The normalized spacial score (nSPS) is 20.6. The van der Waals surface area contributed by atoms with Crippen LogP contribution in [0.5, 0.6) is 0 Å². The number of nitrogens with zero attached hydrogens (tertiary/aromatic N) is 2. The highest BCUT2D eigenvalue weighted by Crippen LogP contribution is 2.24. The number of carbonyl (C=O) groups excluding carboxylic acids is 2. The molecule has 2 atom stereocenters. The van der Waals surface area contributed by atoms with Gasteiger partial charge in [0.2, 0.25) is 10.0 Å². The van der Waals surface area contributed by atoms with E-state index in [2.05, 4.69) is 13.8 Å². The Balaban J connectivity index is 2.09. The first-order valence-corrected chi connectivity index (χ1v) is 10.5. The summed E-state index contributed by atoms with van der Waals surface area (Å²) >= 11 is 6.02. The Morgan fingerprint density at radius 1 is 1.22 bits per heavy atom. The van der Waals surface area contributed by atoms with Crippen molar-refractivity contribution in [3.8, 4) is 0 Å². The van der Waals surface area contributed by atoms with E-state index in [0.29, 0.717) is 24.9 Å². The molecular weight excluding hydrogens is 392 g/mol. The van der Waals surface area contributed by atoms with Crippen LogP contribution in [0.2, 0.25) is 5.02 Å². The second-order valence-corrected chi connectivity index (χ2v) is 9.81. The molecule has 1 aliphatic rings. The topological polar surface area (TPSA) is 84.0 Å². The first-order chi connectivity index (χ1) is 12.5. The number of halogens is 1. The van der Waals surface area contributed by atoms with Gasteiger partial charge in [0, 0.05) is 27.2 Å². The van der Waals surface area contributed by atoms with Crippen molar-refractivity contribution < 1.29 is 22.7 Å². The number of benzene rings is 1. The van der Waals surface area contributed by atoms with Crippen LogP contribution in [0.1, 0.15) is 30.6 Å². The maximum Gasteiger partial charge on any atom is 0.340 e. The highest BCUT2D eigenvalue weighted by atomic mass is 35.5. The fraction of sp³-hybridized carbons (Fsp3) is 0.556. The van der Waals surface area contributed by atoms with Crippen molar-refractivity contribution >= 4 is 33.5 Å². The van der Waals surface area contributed by atoms with Crippen molar-refractivity contribution in [2.75, 3.05) is 33.8 Å². The third-order valence-corrected chi connectivity index (χ3v) is 6.63. The molecule has 7 nitrogen and oxygen atoms in total. The van der Waals surface area contributed by atoms with E-state index in [1.807, 2.05) is 0 Å². The van der Waals surface area contributed by atoms with Crippen LogP contribution < -0.4 is 0 Å². The summed E-state index contributed by atoms with van der Waals surface area (Å²) in [5.74, 6) is -0.302. The van der Waals surface area contributed by atoms with Gasteiger partial charge in [-0.2, -0.15) is 0 Å². The third kappa shape index (κ3) is 5.21. The van der Waals surface area contributed by atoms with Gasteiger partial charge >= 0.3 is 5.97 Å². The monoisotopic (exact) mass is 416 g/mol. The average Bonchev–Trinajstić information content (AvgIpc) is 2.58. The lowest BCUT2D eigenvalue weighted by molar-refractivity contribution is -0.137. The summed E-state index contributed by atoms with van der Waals surface area (Å²) in [6.45, 7) is 5.03. The maximum absolute atomic E-state index is 12.3. The summed E-state index contributed by atoms with van der Waals surface area (Å²) in [7, 11) is -0.938. The highest BCUT2D eigenvalue weighted by Gasteiger charge is 2.27. The Morgan fingerprint density at radius 3 is 2.37 bits per heavy atom. The molecule has 0 aromatic heterocycles. The van der Waals surface area contributed by atoms with E-state index in [0.717, 1.165) is 16.8 Å². The number of carbonyl (C=O) groups is 2. The number of rotatable bonds is 5. The van der Waals surface area contributed by atoms with Gasteiger partial charge in [-0.25, -0.2) is 17.5 Å². The van der Waals surface area contributed by atoms with Crippen LogP contribution in [0.3, 0.4) is 0 Å². The molecule has 1 heterocycles. The number of hydrogen-bond acceptors (Lipinski definition) is 5. The number of likely N-dealkylation sites (tertiary alicyclic amines) is 1. The Bertz CT molecular complexity index is 815. The molecule has 1 aliphatic heterocycles. The summed E-state index contributed by atoms with van der Waals surface area (Å²) in [5.41, 5.74) is -0.0900. The van der Waals surface area contributed by atoms with E-state index in [-0.39, 0.29) is 21.4 Å². The van der Waals surface area contributed by atoms with Crippen LogP contribution in [0.15, 0.2) is 23.1 Å². The third-order valence-electron chi connectivity index (χ3n) is 4.48. The molecule has 0 radical (unpaired) electrons. The Labute approximate surface area is 165 Å². The molecule has 1 aromatic rings. The number of ether oxygens (including phenoxy) is 1. The quantitative estimate of drug-likeness (QED) is 0.687. The molecule has 150 valence electrons. The van der Waals surface area contributed by atoms with Crippen LogP contribution in [-0.4, -0.2) is 63.3 Å². The van der Waals surface area contributed by atoms with Gasteiger partial charge in [0.05, 0.1) is 15.5 Å². The van der Waals surface area contributed by atoms with E-state index in [9.17, 15) is 18.0 Å². The minimum Gasteiger partial charge on any atom is -0.452 e. The minimum atomic E-state index is -3.72. The van der Waals surface area contributed by atoms with Gasteiger partial charge in [-0.05, 0) is 36.5 Å². The molecule has 27 heavy (non-hydrogen) atoms. The number of esters is 1. The molecule has 0 bridgehead atoms. The SMILES string of the molecule is C[C@@H]1C[C@@H](C)CN(C(=O)COC(=O)c2cc(S(=O)(=O)N(C)C)ccc2Cl)C1. The Kier molecular flexibility index (Phi) is 6.88.